The van der Waals surface area contributed by atoms with Gasteiger partial charge in [0.15, 0.2) is 0 Å². The van der Waals surface area contributed by atoms with Crippen molar-refractivity contribution in [3.8, 4) is 0 Å². The molecule has 0 fully saturated rings. The van der Waals surface area contributed by atoms with Gasteiger partial charge in [-0.3, -0.25) is 0 Å². The van der Waals surface area contributed by atoms with Crippen molar-refractivity contribution in [2.24, 2.45) is 0 Å². The SMILES string of the molecule is C=CC(=O)O.[Al+3].[O-2]. The van der Waals surface area contributed by atoms with E-state index in [0.717, 1.165) is 6.08 Å². The normalized spacial score (nSPS) is 4.57. The van der Waals surface area contributed by atoms with Crippen molar-refractivity contribution < 1.29 is 15.4 Å². The van der Waals surface area contributed by atoms with E-state index in [2.05, 4.69) is 6.58 Å². The van der Waals surface area contributed by atoms with Crippen LogP contribution in [0.5, 0.6) is 0 Å². The summed E-state index contributed by atoms with van der Waals surface area (Å²) >= 11 is 0. The molecular weight excluding hydrogens is 111 g/mol. The van der Waals surface area contributed by atoms with Crippen molar-refractivity contribution >= 4 is 23.3 Å². The third-order valence-corrected chi connectivity index (χ3v) is 0.175. The Morgan fingerprint density at radius 1 is 1.71 bits per heavy atom. The van der Waals surface area contributed by atoms with Gasteiger partial charge in [-0.25, -0.2) is 4.79 Å². The first kappa shape index (κ1) is 15.9. The molecule has 0 aliphatic carbocycles. The van der Waals surface area contributed by atoms with Gasteiger partial charge < -0.3 is 10.6 Å². The fourth-order valence-corrected chi connectivity index (χ4v) is 0. The summed E-state index contributed by atoms with van der Waals surface area (Å²) in [6, 6.07) is 0. The zero-order valence-electron chi connectivity index (χ0n) is 3.63. The van der Waals surface area contributed by atoms with Crippen LogP contribution in [0.1, 0.15) is 0 Å². The van der Waals surface area contributed by atoms with Gasteiger partial charge in [-0.2, -0.15) is 0 Å². The van der Waals surface area contributed by atoms with Gasteiger partial charge >= 0.3 is 23.3 Å². The van der Waals surface area contributed by atoms with Crippen molar-refractivity contribution in [1.82, 2.24) is 0 Å². The Bertz CT molecular complexity index is 61.2. The maximum atomic E-state index is 9.25. The summed E-state index contributed by atoms with van der Waals surface area (Å²) in [7, 11) is 0. The van der Waals surface area contributed by atoms with Crippen LogP contribution in [0.25, 0.3) is 0 Å². The summed E-state index contributed by atoms with van der Waals surface area (Å²) < 4.78 is 0. The largest absolute Gasteiger partial charge is 3.00 e. The van der Waals surface area contributed by atoms with Gasteiger partial charge in [0.1, 0.15) is 0 Å². The maximum Gasteiger partial charge on any atom is 3.00 e. The Morgan fingerprint density at radius 2 is 1.86 bits per heavy atom. The summed E-state index contributed by atoms with van der Waals surface area (Å²) in [5, 5.41) is 7.60. The summed E-state index contributed by atoms with van der Waals surface area (Å²) in [6.07, 6.45) is 0.833. The molecule has 1 N–H and O–H groups in total. The van der Waals surface area contributed by atoms with E-state index in [1.807, 2.05) is 0 Å². The zero-order chi connectivity index (χ0) is 4.28. The smallest absolute Gasteiger partial charge is 2.00 e. The molecule has 4 heteroatoms. The molecule has 0 aromatic carbocycles. The molecule has 0 spiro atoms. The molecule has 0 atom stereocenters. The van der Waals surface area contributed by atoms with Crippen LogP contribution in [0.3, 0.4) is 0 Å². The van der Waals surface area contributed by atoms with E-state index in [9.17, 15) is 4.79 Å². The molecule has 7 heavy (non-hydrogen) atoms. The average Bonchev–Trinajstić information content (AvgIpc) is 1.38. The Morgan fingerprint density at radius 3 is 1.86 bits per heavy atom. The van der Waals surface area contributed by atoms with E-state index in [-0.39, 0.29) is 22.8 Å². The predicted octanol–water partition coefficient (Wildman–Crippen LogP) is -0.243. The summed E-state index contributed by atoms with van der Waals surface area (Å²) in [6.45, 7) is 2.96. The third kappa shape index (κ3) is 27.0. The molecule has 3 nitrogen and oxygen atoms in total. The predicted molar refractivity (Wildman–Crippen MR) is 24.3 cm³/mol. The van der Waals surface area contributed by atoms with E-state index in [1.165, 1.54) is 0 Å². The van der Waals surface area contributed by atoms with Gasteiger partial charge in [0.25, 0.3) is 0 Å². The molecule has 36 valence electrons. The van der Waals surface area contributed by atoms with Gasteiger partial charge in [0, 0.05) is 6.08 Å². The van der Waals surface area contributed by atoms with Crippen LogP contribution in [0.2, 0.25) is 0 Å². The fraction of sp³-hybridized carbons (Fsp3) is 0. The van der Waals surface area contributed by atoms with Crippen LogP contribution in [0.15, 0.2) is 12.7 Å². The molecule has 0 amide bonds. The molecule has 0 heterocycles. The van der Waals surface area contributed by atoms with E-state index in [4.69, 9.17) is 5.11 Å². The molecule has 0 aromatic rings. The number of carbonyl (C=O) groups is 1. The monoisotopic (exact) mass is 115 g/mol. The first-order chi connectivity index (χ1) is 2.27. The van der Waals surface area contributed by atoms with Crippen LogP contribution in [0.4, 0.5) is 0 Å². The molecule has 0 aliphatic heterocycles. The molecule has 0 saturated heterocycles. The quantitative estimate of drug-likeness (QED) is 0.378. The van der Waals surface area contributed by atoms with Crippen molar-refractivity contribution in [1.29, 1.82) is 0 Å². The van der Waals surface area contributed by atoms with Crippen molar-refractivity contribution in [2.45, 2.75) is 0 Å². The molecule has 0 rings (SSSR count). The molecular formula is C3H4AlO3+. The van der Waals surface area contributed by atoms with Gasteiger partial charge in [0.2, 0.25) is 0 Å². The number of carboxylic acid groups (broad SMARTS) is 1. The number of hydrogen-bond donors (Lipinski definition) is 1. The zero-order valence-corrected chi connectivity index (χ0v) is 4.78. The Labute approximate surface area is 52.1 Å². The number of hydrogen-bond acceptors (Lipinski definition) is 1. The topological polar surface area (TPSA) is 65.8 Å². The third-order valence-electron chi connectivity index (χ3n) is 0.175. The first-order valence-corrected chi connectivity index (χ1v) is 1.12. The molecule has 0 radical (unpaired) electrons. The van der Waals surface area contributed by atoms with Crippen LogP contribution < -0.4 is 0 Å². The molecule has 0 bridgehead atoms. The molecule has 0 aliphatic rings. The Balaban J connectivity index is -0.0000000800. The second kappa shape index (κ2) is 9.20. The van der Waals surface area contributed by atoms with E-state index >= 15 is 0 Å². The second-order valence-corrected chi connectivity index (χ2v) is 0.542. The van der Waals surface area contributed by atoms with Crippen molar-refractivity contribution in [3.05, 3.63) is 12.7 Å². The molecule has 0 aromatic heterocycles. The molecule has 0 unspecified atom stereocenters. The minimum atomic E-state index is -0.981. The summed E-state index contributed by atoms with van der Waals surface area (Å²) in [5.41, 5.74) is 0. The maximum absolute atomic E-state index is 9.25. The summed E-state index contributed by atoms with van der Waals surface area (Å²) in [4.78, 5) is 9.25. The molecule has 0 saturated carbocycles. The average molecular weight is 115 g/mol. The van der Waals surface area contributed by atoms with Crippen LogP contribution in [-0.2, 0) is 10.3 Å². The first-order valence-electron chi connectivity index (χ1n) is 1.12. The van der Waals surface area contributed by atoms with Crippen LogP contribution >= 0.6 is 0 Å². The van der Waals surface area contributed by atoms with Crippen LogP contribution in [0, 0.1) is 0 Å². The fourth-order valence-electron chi connectivity index (χ4n) is 0. The van der Waals surface area contributed by atoms with Gasteiger partial charge in [0.05, 0.1) is 0 Å². The van der Waals surface area contributed by atoms with Gasteiger partial charge in [-0.05, 0) is 0 Å². The minimum Gasteiger partial charge on any atom is -2.00 e. The van der Waals surface area contributed by atoms with E-state index in [1.54, 1.807) is 0 Å². The van der Waals surface area contributed by atoms with Crippen LogP contribution in [-0.4, -0.2) is 28.4 Å². The van der Waals surface area contributed by atoms with Crippen molar-refractivity contribution in [2.75, 3.05) is 0 Å². The van der Waals surface area contributed by atoms with E-state index < -0.39 is 5.97 Å². The van der Waals surface area contributed by atoms with Gasteiger partial charge in [-0.15, -0.1) is 0 Å². The number of rotatable bonds is 1. The second-order valence-electron chi connectivity index (χ2n) is 0.542. The summed E-state index contributed by atoms with van der Waals surface area (Å²) in [5.74, 6) is -0.981. The van der Waals surface area contributed by atoms with E-state index in [0.29, 0.717) is 0 Å². The Kier molecular flexibility index (Phi) is 20.9. The number of carboxylic acids is 1. The Hall–Kier alpha value is -0.298. The van der Waals surface area contributed by atoms with Crippen molar-refractivity contribution in [3.63, 3.8) is 0 Å². The number of aliphatic carboxylic acids is 1. The van der Waals surface area contributed by atoms with Gasteiger partial charge in [-0.1, -0.05) is 6.58 Å². The standard InChI is InChI=1S/C3H4O2.Al.O/c1-2-3(4)5;;/h2H,1H2,(H,4,5);;/q;+3;-2. The minimum absolute atomic E-state index is 0.